The fourth-order valence-electron chi connectivity index (χ4n) is 1.33. The summed E-state index contributed by atoms with van der Waals surface area (Å²) in [6.07, 6.45) is 7.90. The maximum absolute atomic E-state index is 2.28. The molecular formula is C12H15Cl3V. The molecular weight excluding hydrogens is 301 g/mol. The standard InChI is InChI=1S/C7H7.C5H5.3ClH.V/c1-7-5-3-2-4-6-7;1-2-4-5-3-1;;;;/h2-6H,1H2;1-3H,4H2;3*1H;. The van der Waals surface area contributed by atoms with Gasteiger partial charge in [-0.1, -0.05) is 0 Å². The van der Waals surface area contributed by atoms with Crippen molar-refractivity contribution >= 4 is 37.2 Å². The second kappa shape index (κ2) is 10.3. The Kier molecular flexibility index (Phi) is 11.9. The predicted molar refractivity (Wildman–Crippen MR) is 73.7 cm³/mol. The molecule has 0 saturated carbocycles. The quantitative estimate of drug-likeness (QED) is 0.776. The van der Waals surface area contributed by atoms with Gasteiger partial charge in [0.1, 0.15) is 0 Å². The van der Waals surface area contributed by atoms with Gasteiger partial charge >= 0.3 is 86.3 Å². The maximum Gasteiger partial charge on any atom is -0.147 e. The average molecular weight is 317 g/mol. The van der Waals surface area contributed by atoms with Crippen molar-refractivity contribution in [2.45, 2.75) is 11.6 Å². The topological polar surface area (TPSA) is 0 Å². The largest absolute Gasteiger partial charge is 0.147 e. The van der Waals surface area contributed by atoms with Gasteiger partial charge in [-0.3, -0.25) is 0 Å². The number of allylic oxidation sites excluding steroid dienone is 4. The van der Waals surface area contributed by atoms with E-state index in [0.29, 0.717) is 16.3 Å². The summed E-state index contributed by atoms with van der Waals surface area (Å²) in [5.41, 5.74) is 1.48. The molecule has 0 unspecified atom stereocenters. The van der Waals surface area contributed by atoms with Crippen molar-refractivity contribution < 1.29 is 16.3 Å². The first-order chi connectivity index (χ1) is 6.45. The third kappa shape index (κ3) is 6.03. The summed E-state index contributed by atoms with van der Waals surface area (Å²) in [7, 11) is 0. The number of halogens is 3. The van der Waals surface area contributed by atoms with Crippen LogP contribution >= 0.6 is 37.2 Å². The molecule has 0 aliphatic heterocycles. The van der Waals surface area contributed by atoms with E-state index in [2.05, 4.69) is 48.6 Å². The number of benzene rings is 1. The van der Waals surface area contributed by atoms with Crippen LogP contribution < -0.4 is 0 Å². The Labute approximate surface area is 123 Å². The van der Waals surface area contributed by atoms with E-state index in [1.807, 2.05) is 0 Å². The first-order valence-corrected chi connectivity index (χ1v) is 6.21. The van der Waals surface area contributed by atoms with Gasteiger partial charge in [-0.05, 0) is 0 Å². The van der Waals surface area contributed by atoms with E-state index in [9.17, 15) is 0 Å². The molecule has 0 heterocycles. The SMILES string of the molecule is C1=CC[C]([V][CH2]c2ccccc2)=C1.Cl.Cl.Cl. The summed E-state index contributed by atoms with van der Waals surface area (Å²) >= 11 is 0.384. The molecule has 2 rings (SSSR count). The molecule has 0 saturated heterocycles. The van der Waals surface area contributed by atoms with Gasteiger partial charge in [0, 0.05) is 0 Å². The molecule has 0 bridgehead atoms. The van der Waals surface area contributed by atoms with Crippen molar-refractivity contribution in [1.82, 2.24) is 0 Å². The zero-order chi connectivity index (χ0) is 8.93. The molecule has 89 valence electrons. The molecule has 1 aliphatic rings. The van der Waals surface area contributed by atoms with Crippen molar-refractivity contribution in [1.29, 1.82) is 0 Å². The first-order valence-electron chi connectivity index (χ1n) is 4.52. The fraction of sp³-hybridized carbons (Fsp3) is 0.167. The van der Waals surface area contributed by atoms with Crippen LogP contribution in [0.1, 0.15) is 12.0 Å². The number of rotatable bonds is 3. The minimum Gasteiger partial charge on any atom is -0.147 e. The Balaban J connectivity index is 0. The molecule has 0 aromatic heterocycles. The van der Waals surface area contributed by atoms with Crippen molar-refractivity contribution in [3.05, 3.63) is 58.4 Å². The Morgan fingerprint density at radius 1 is 1.00 bits per heavy atom. The molecule has 1 aromatic carbocycles. The van der Waals surface area contributed by atoms with Crippen LogP contribution in [0, 0.1) is 0 Å². The molecule has 16 heavy (non-hydrogen) atoms. The van der Waals surface area contributed by atoms with Gasteiger partial charge in [0.2, 0.25) is 0 Å². The number of hydrogen-bond donors (Lipinski definition) is 0. The van der Waals surface area contributed by atoms with E-state index in [1.54, 1.807) is 4.28 Å². The molecule has 1 aliphatic carbocycles. The maximum atomic E-state index is 2.28. The summed E-state index contributed by atoms with van der Waals surface area (Å²) in [6.45, 7) is 0. The molecule has 0 atom stereocenters. The van der Waals surface area contributed by atoms with Gasteiger partial charge in [-0.15, -0.1) is 37.2 Å². The van der Waals surface area contributed by atoms with E-state index in [-0.39, 0.29) is 37.2 Å². The predicted octanol–water partition coefficient (Wildman–Crippen LogP) is 4.38. The Morgan fingerprint density at radius 3 is 2.25 bits per heavy atom. The molecule has 4 heteroatoms. The van der Waals surface area contributed by atoms with Crippen molar-refractivity contribution in [3.8, 4) is 0 Å². The van der Waals surface area contributed by atoms with Crippen molar-refractivity contribution in [3.63, 3.8) is 0 Å². The monoisotopic (exact) mass is 315 g/mol. The summed E-state index contributed by atoms with van der Waals surface area (Å²) < 4.78 is 1.65. The molecule has 0 nitrogen and oxygen atoms in total. The second-order valence-corrected chi connectivity index (χ2v) is 4.98. The average Bonchev–Trinajstić information content (AvgIpc) is 2.69. The minimum absolute atomic E-state index is 0. The van der Waals surface area contributed by atoms with E-state index in [4.69, 9.17) is 0 Å². The summed E-state index contributed by atoms with van der Waals surface area (Å²) in [6, 6.07) is 10.8. The third-order valence-corrected chi connectivity index (χ3v) is 4.03. The second-order valence-electron chi connectivity index (χ2n) is 3.09. The Bertz CT molecular complexity index is 333. The van der Waals surface area contributed by atoms with Gasteiger partial charge in [0.15, 0.2) is 0 Å². The van der Waals surface area contributed by atoms with Crippen LogP contribution in [0.3, 0.4) is 0 Å². The molecule has 0 spiro atoms. The molecule has 1 aromatic rings. The van der Waals surface area contributed by atoms with Crippen LogP contribution in [0.4, 0.5) is 0 Å². The van der Waals surface area contributed by atoms with E-state index >= 15 is 0 Å². The molecule has 0 fully saturated rings. The molecule has 0 amide bonds. The fourth-order valence-corrected chi connectivity index (χ4v) is 2.93. The van der Waals surface area contributed by atoms with Crippen LogP contribution in [0.25, 0.3) is 0 Å². The summed E-state index contributed by atoms with van der Waals surface area (Å²) in [5.74, 6) is 0. The summed E-state index contributed by atoms with van der Waals surface area (Å²) in [5, 5.41) is 1.27. The molecule has 0 N–H and O–H groups in total. The van der Waals surface area contributed by atoms with Gasteiger partial charge in [0.25, 0.3) is 0 Å². The van der Waals surface area contributed by atoms with Gasteiger partial charge in [-0.2, -0.15) is 0 Å². The number of hydrogen-bond acceptors (Lipinski definition) is 0. The smallest absolute Gasteiger partial charge is 0.147 e. The van der Waals surface area contributed by atoms with Crippen LogP contribution in [-0.2, 0) is 21.4 Å². The Hall–Kier alpha value is 0.154. The van der Waals surface area contributed by atoms with E-state index in [1.165, 1.54) is 17.1 Å². The normalized spacial score (nSPS) is 11.6. The van der Waals surface area contributed by atoms with Gasteiger partial charge in [-0.25, -0.2) is 0 Å². The Morgan fingerprint density at radius 2 is 1.69 bits per heavy atom. The minimum atomic E-state index is 0. The third-order valence-electron chi connectivity index (χ3n) is 2.06. The van der Waals surface area contributed by atoms with Crippen LogP contribution in [0.5, 0.6) is 0 Å². The van der Waals surface area contributed by atoms with Crippen LogP contribution in [0.2, 0.25) is 0 Å². The van der Waals surface area contributed by atoms with Crippen LogP contribution in [-0.4, -0.2) is 0 Å². The van der Waals surface area contributed by atoms with Gasteiger partial charge < -0.3 is 0 Å². The van der Waals surface area contributed by atoms with Gasteiger partial charge in [0.05, 0.1) is 0 Å². The molecule has 0 radical (unpaired) electrons. The zero-order valence-electron chi connectivity index (χ0n) is 8.70. The van der Waals surface area contributed by atoms with E-state index in [0.717, 1.165) is 0 Å². The van der Waals surface area contributed by atoms with Crippen molar-refractivity contribution in [2.75, 3.05) is 0 Å². The first kappa shape index (κ1) is 18.5. The van der Waals surface area contributed by atoms with Crippen molar-refractivity contribution in [2.24, 2.45) is 0 Å². The zero-order valence-corrected chi connectivity index (χ0v) is 12.6. The van der Waals surface area contributed by atoms with E-state index < -0.39 is 0 Å². The summed E-state index contributed by atoms with van der Waals surface area (Å²) in [4.78, 5) is 0. The van der Waals surface area contributed by atoms with Crippen LogP contribution in [0.15, 0.2) is 52.8 Å².